The van der Waals surface area contributed by atoms with Crippen molar-refractivity contribution in [3.05, 3.63) is 12.7 Å². The standard InChI is InChI=1S/C13H28N2/c1-5-11-15(12-6-2)13(4)9-8-10-14-7-3/h5,13-14H,1,6-12H2,2-4H3. The second-order valence-electron chi connectivity index (χ2n) is 4.13. The highest BCUT2D eigenvalue weighted by molar-refractivity contribution is 4.77. The van der Waals surface area contributed by atoms with Gasteiger partial charge in [-0.2, -0.15) is 0 Å². The van der Waals surface area contributed by atoms with Crippen LogP contribution in [-0.2, 0) is 0 Å². The van der Waals surface area contributed by atoms with E-state index in [1.165, 1.54) is 25.8 Å². The van der Waals surface area contributed by atoms with Crippen molar-refractivity contribution in [2.24, 2.45) is 0 Å². The second kappa shape index (κ2) is 10.2. The molecule has 0 saturated heterocycles. The van der Waals surface area contributed by atoms with Crippen LogP contribution in [0.15, 0.2) is 12.7 Å². The van der Waals surface area contributed by atoms with Gasteiger partial charge in [0.2, 0.25) is 0 Å². The average Bonchev–Trinajstić information content (AvgIpc) is 2.24. The summed E-state index contributed by atoms with van der Waals surface area (Å²) in [6.07, 6.45) is 5.79. The van der Waals surface area contributed by atoms with E-state index in [1.54, 1.807) is 0 Å². The molecule has 0 aromatic carbocycles. The summed E-state index contributed by atoms with van der Waals surface area (Å²) in [6.45, 7) is 15.0. The Balaban J connectivity index is 3.69. The van der Waals surface area contributed by atoms with Gasteiger partial charge < -0.3 is 5.32 Å². The lowest BCUT2D eigenvalue weighted by atomic mass is 10.1. The molecular weight excluding hydrogens is 184 g/mol. The number of hydrogen-bond acceptors (Lipinski definition) is 2. The Labute approximate surface area is 95.7 Å². The second-order valence-corrected chi connectivity index (χ2v) is 4.13. The van der Waals surface area contributed by atoms with Crippen LogP contribution in [0.5, 0.6) is 0 Å². The lowest BCUT2D eigenvalue weighted by Crippen LogP contribution is -2.34. The molecular formula is C13H28N2. The predicted molar refractivity (Wildman–Crippen MR) is 69.3 cm³/mol. The highest BCUT2D eigenvalue weighted by Gasteiger charge is 2.10. The molecule has 0 amide bonds. The van der Waals surface area contributed by atoms with Gasteiger partial charge in [0.1, 0.15) is 0 Å². The van der Waals surface area contributed by atoms with Gasteiger partial charge in [-0.25, -0.2) is 0 Å². The van der Waals surface area contributed by atoms with Crippen molar-refractivity contribution in [3.63, 3.8) is 0 Å². The molecule has 0 fully saturated rings. The van der Waals surface area contributed by atoms with Crippen molar-refractivity contribution in [3.8, 4) is 0 Å². The Morgan fingerprint density at radius 1 is 1.40 bits per heavy atom. The molecule has 0 aromatic rings. The van der Waals surface area contributed by atoms with E-state index >= 15 is 0 Å². The monoisotopic (exact) mass is 212 g/mol. The summed E-state index contributed by atoms with van der Waals surface area (Å²) >= 11 is 0. The van der Waals surface area contributed by atoms with Gasteiger partial charge >= 0.3 is 0 Å². The Bertz CT molecular complexity index is 145. The molecule has 0 bridgehead atoms. The molecule has 1 unspecified atom stereocenters. The van der Waals surface area contributed by atoms with E-state index in [-0.39, 0.29) is 0 Å². The summed E-state index contributed by atoms with van der Waals surface area (Å²) in [4.78, 5) is 2.51. The summed E-state index contributed by atoms with van der Waals surface area (Å²) in [5, 5.41) is 3.37. The molecule has 15 heavy (non-hydrogen) atoms. The Morgan fingerprint density at radius 2 is 2.13 bits per heavy atom. The van der Waals surface area contributed by atoms with Crippen LogP contribution in [0, 0.1) is 0 Å². The lowest BCUT2D eigenvalue weighted by Gasteiger charge is -2.27. The van der Waals surface area contributed by atoms with Crippen molar-refractivity contribution in [1.29, 1.82) is 0 Å². The topological polar surface area (TPSA) is 15.3 Å². The highest BCUT2D eigenvalue weighted by Crippen LogP contribution is 2.07. The predicted octanol–water partition coefficient (Wildman–Crippen LogP) is 2.66. The molecule has 0 aliphatic carbocycles. The van der Waals surface area contributed by atoms with Crippen molar-refractivity contribution in [2.75, 3.05) is 26.2 Å². The molecule has 1 atom stereocenters. The third-order valence-corrected chi connectivity index (χ3v) is 2.72. The lowest BCUT2D eigenvalue weighted by molar-refractivity contribution is 0.218. The highest BCUT2D eigenvalue weighted by atomic mass is 15.1. The Kier molecular flexibility index (Phi) is 9.96. The van der Waals surface area contributed by atoms with Gasteiger partial charge in [0.05, 0.1) is 0 Å². The fraction of sp³-hybridized carbons (Fsp3) is 0.846. The maximum Gasteiger partial charge on any atom is 0.0163 e. The Hall–Kier alpha value is -0.340. The third kappa shape index (κ3) is 7.57. The average molecular weight is 212 g/mol. The van der Waals surface area contributed by atoms with Crippen LogP contribution in [0.1, 0.15) is 40.0 Å². The van der Waals surface area contributed by atoms with Crippen LogP contribution >= 0.6 is 0 Å². The van der Waals surface area contributed by atoms with Gasteiger partial charge in [-0.05, 0) is 45.8 Å². The van der Waals surface area contributed by atoms with Crippen LogP contribution in [0.25, 0.3) is 0 Å². The molecule has 0 aliphatic heterocycles. The largest absolute Gasteiger partial charge is 0.317 e. The minimum atomic E-state index is 0.682. The summed E-state index contributed by atoms with van der Waals surface area (Å²) < 4.78 is 0. The summed E-state index contributed by atoms with van der Waals surface area (Å²) in [5.41, 5.74) is 0. The molecule has 0 aromatic heterocycles. The quantitative estimate of drug-likeness (QED) is 0.442. The molecule has 0 saturated carbocycles. The molecule has 0 aliphatic rings. The van der Waals surface area contributed by atoms with E-state index in [1.807, 2.05) is 6.08 Å². The molecule has 90 valence electrons. The summed E-state index contributed by atoms with van der Waals surface area (Å²) in [5.74, 6) is 0. The zero-order valence-corrected chi connectivity index (χ0v) is 10.8. The van der Waals surface area contributed by atoms with Gasteiger partial charge in [0.25, 0.3) is 0 Å². The molecule has 0 radical (unpaired) electrons. The van der Waals surface area contributed by atoms with Crippen molar-refractivity contribution in [2.45, 2.75) is 46.1 Å². The molecule has 0 rings (SSSR count). The maximum absolute atomic E-state index is 3.82. The first-order valence-electron chi connectivity index (χ1n) is 6.31. The van der Waals surface area contributed by atoms with E-state index in [2.05, 4.69) is 37.6 Å². The normalized spacial score (nSPS) is 13.1. The first-order chi connectivity index (χ1) is 7.26. The zero-order valence-electron chi connectivity index (χ0n) is 10.8. The van der Waals surface area contributed by atoms with E-state index in [4.69, 9.17) is 0 Å². The number of nitrogens with one attached hydrogen (secondary N) is 1. The first-order valence-corrected chi connectivity index (χ1v) is 6.31. The van der Waals surface area contributed by atoms with Gasteiger partial charge in [-0.3, -0.25) is 4.90 Å². The summed E-state index contributed by atoms with van der Waals surface area (Å²) in [7, 11) is 0. The van der Waals surface area contributed by atoms with E-state index in [0.717, 1.165) is 19.6 Å². The van der Waals surface area contributed by atoms with Crippen LogP contribution < -0.4 is 5.32 Å². The van der Waals surface area contributed by atoms with Gasteiger partial charge in [-0.1, -0.05) is 19.9 Å². The van der Waals surface area contributed by atoms with E-state index in [0.29, 0.717) is 6.04 Å². The number of nitrogens with zero attached hydrogens (tertiary/aromatic N) is 1. The van der Waals surface area contributed by atoms with Crippen molar-refractivity contribution < 1.29 is 0 Å². The van der Waals surface area contributed by atoms with Crippen molar-refractivity contribution in [1.82, 2.24) is 10.2 Å². The van der Waals surface area contributed by atoms with Crippen LogP contribution in [0.3, 0.4) is 0 Å². The Morgan fingerprint density at radius 3 is 2.67 bits per heavy atom. The van der Waals surface area contributed by atoms with Gasteiger partial charge in [0, 0.05) is 12.6 Å². The molecule has 2 heteroatoms. The summed E-state index contributed by atoms with van der Waals surface area (Å²) in [6, 6.07) is 0.682. The van der Waals surface area contributed by atoms with E-state index in [9.17, 15) is 0 Å². The van der Waals surface area contributed by atoms with Crippen LogP contribution in [0.2, 0.25) is 0 Å². The molecule has 2 nitrogen and oxygen atoms in total. The minimum absolute atomic E-state index is 0.682. The van der Waals surface area contributed by atoms with Crippen LogP contribution in [0.4, 0.5) is 0 Å². The molecule has 1 N–H and O–H groups in total. The minimum Gasteiger partial charge on any atom is -0.317 e. The fourth-order valence-electron chi connectivity index (χ4n) is 1.83. The molecule has 0 spiro atoms. The van der Waals surface area contributed by atoms with E-state index < -0.39 is 0 Å². The third-order valence-electron chi connectivity index (χ3n) is 2.72. The van der Waals surface area contributed by atoms with Crippen molar-refractivity contribution >= 4 is 0 Å². The number of hydrogen-bond donors (Lipinski definition) is 1. The zero-order chi connectivity index (χ0) is 11.5. The fourth-order valence-corrected chi connectivity index (χ4v) is 1.83. The van der Waals surface area contributed by atoms with Gasteiger partial charge in [-0.15, -0.1) is 6.58 Å². The maximum atomic E-state index is 3.82. The van der Waals surface area contributed by atoms with Crippen LogP contribution in [-0.4, -0.2) is 37.1 Å². The smallest absolute Gasteiger partial charge is 0.0163 e. The first kappa shape index (κ1) is 14.7. The molecule has 0 heterocycles. The van der Waals surface area contributed by atoms with Gasteiger partial charge in [0.15, 0.2) is 0 Å². The SMILES string of the molecule is C=CCN(CCC)C(C)CCCNCC. The number of rotatable bonds is 10.